The van der Waals surface area contributed by atoms with Crippen LogP contribution in [0.5, 0.6) is 0 Å². The number of nitriles is 1. The van der Waals surface area contributed by atoms with Gasteiger partial charge in [0.15, 0.2) is 0 Å². The molecule has 0 aliphatic rings. The number of hydrogen-bond acceptors (Lipinski definition) is 3. The van der Waals surface area contributed by atoms with Crippen molar-refractivity contribution in [2.75, 3.05) is 5.32 Å². The van der Waals surface area contributed by atoms with Crippen LogP contribution < -0.4 is 5.32 Å². The van der Waals surface area contributed by atoms with Gasteiger partial charge in [0.2, 0.25) is 0 Å². The van der Waals surface area contributed by atoms with Gasteiger partial charge in [-0.05, 0) is 39.0 Å². The van der Waals surface area contributed by atoms with Gasteiger partial charge < -0.3 is 9.72 Å². The van der Waals surface area contributed by atoms with Gasteiger partial charge in [-0.25, -0.2) is 4.79 Å². The first kappa shape index (κ1) is 14.2. The Morgan fingerprint density at radius 1 is 1.45 bits per heavy atom. The summed E-state index contributed by atoms with van der Waals surface area (Å²) >= 11 is 5.90. The molecule has 5 nitrogen and oxygen atoms in total. The number of fused-ring (bicyclic) bond motifs is 1. The third kappa shape index (κ3) is 3.03. The van der Waals surface area contributed by atoms with Gasteiger partial charge in [0.05, 0.1) is 0 Å². The topological polar surface area (TPSA) is 77.9 Å². The molecule has 0 spiro atoms. The number of nitrogens with zero attached hydrogens (tertiary/aromatic N) is 1. The van der Waals surface area contributed by atoms with E-state index in [1.165, 1.54) is 0 Å². The quantitative estimate of drug-likeness (QED) is 0.832. The van der Waals surface area contributed by atoms with E-state index in [1.807, 2.05) is 0 Å². The molecule has 2 aromatic rings. The average molecular weight is 292 g/mol. The SMILES string of the molecule is CC(C)(C)OC(=O)Nc1[nH]c2cc(Cl)ccc2c1C#N. The molecule has 2 N–H and O–H groups in total. The molecule has 20 heavy (non-hydrogen) atoms. The van der Waals surface area contributed by atoms with Crippen molar-refractivity contribution in [2.45, 2.75) is 26.4 Å². The van der Waals surface area contributed by atoms with Crippen molar-refractivity contribution in [3.63, 3.8) is 0 Å². The lowest BCUT2D eigenvalue weighted by Crippen LogP contribution is -2.27. The fraction of sp³-hybridized carbons (Fsp3) is 0.286. The van der Waals surface area contributed by atoms with Crippen LogP contribution in [0.2, 0.25) is 5.02 Å². The summed E-state index contributed by atoms with van der Waals surface area (Å²) in [5.41, 5.74) is 0.425. The van der Waals surface area contributed by atoms with E-state index < -0.39 is 11.7 Å². The molecule has 0 fully saturated rings. The lowest BCUT2D eigenvalue weighted by atomic mass is 10.2. The molecule has 0 atom stereocenters. The number of ether oxygens (including phenoxy) is 1. The first-order valence-corrected chi connectivity index (χ1v) is 6.39. The molecule has 0 saturated heterocycles. The van der Waals surface area contributed by atoms with Crippen LogP contribution in [-0.4, -0.2) is 16.7 Å². The predicted octanol–water partition coefficient (Wildman–Crippen LogP) is 4.04. The van der Waals surface area contributed by atoms with Crippen molar-refractivity contribution in [3.05, 3.63) is 28.8 Å². The standard InChI is InChI=1S/C14H14ClN3O2/c1-14(2,3)20-13(19)18-12-10(7-16)9-5-4-8(15)6-11(9)17-12/h4-6,17H,1-3H3,(H,18,19). The lowest BCUT2D eigenvalue weighted by molar-refractivity contribution is 0.0635. The summed E-state index contributed by atoms with van der Waals surface area (Å²) in [5, 5.41) is 13.0. The van der Waals surface area contributed by atoms with Gasteiger partial charge in [-0.2, -0.15) is 5.26 Å². The van der Waals surface area contributed by atoms with E-state index in [0.29, 0.717) is 27.3 Å². The Kier molecular flexibility index (Phi) is 3.60. The highest BCUT2D eigenvalue weighted by molar-refractivity contribution is 6.31. The molecular weight excluding hydrogens is 278 g/mol. The van der Waals surface area contributed by atoms with Crippen molar-refractivity contribution in [3.8, 4) is 6.07 Å². The Balaban J connectivity index is 2.35. The maximum Gasteiger partial charge on any atom is 0.413 e. The molecule has 0 aliphatic heterocycles. The number of hydrogen-bond donors (Lipinski definition) is 2. The molecule has 1 aromatic carbocycles. The summed E-state index contributed by atoms with van der Waals surface area (Å²) in [7, 11) is 0. The van der Waals surface area contributed by atoms with E-state index in [1.54, 1.807) is 39.0 Å². The van der Waals surface area contributed by atoms with Crippen LogP contribution in [0, 0.1) is 11.3 Å². The van der Waals surface area contributed by atoms with E-state index in [2.05, 4.69) is 16.4 Å². The van der Waals surface area contributed by atoms with E-state index in [-0.39, 0.29) is 0 Å². The number of anilines is 1. The minimum atomic E-state index is -0.619. The summed E-state index contributed by atoms with van der Waals surface area (Å²) in [6.45, 7) is 5.30. The Morgan fingerprint density at radius 2 is 2.15 bits per heavy atom. The van der Waals surface area contributed by atoms with Crippen LogP contribution in [0.4, 0.5) is 10.6 Å². The second-order valence-corrected chi connectivity index (χ2v) is 5.74. The monoisotopic (exact) mass is 291 g/mol. The normalized spacial score (nSPS) is 11.2. The molecule has 6 heteroatoms. The molecule has 0 unspecified atom stereocenters. The lowest BCUT2D eigenvalue weighted by Gasteiger charge is -2.19. The van der Waals surface area contributed by atoms with Crippen molar-refractivity contribution in [1.29, 1.82) is 5.26 Å². The molecule has 0 saturated carbocycles. The van der Waals surface area contributed by atoms with E-state index >= 15 is 0 Å². The smallest absolute Gasteiger partial charge is 0.413 e. The fourth-order valence-corrected chi connectivity index (χ4v) is 1.96. The van der Waals surface area contributed by atoms with Crippen molar-refractivity contribution < 1.29 is 9.53 Å². The maximum atomic E-state index is 11.8. The summed E-state index contributed by atoms with van der Waals surface area (Å²) < 4.78 is 5.16. The van der Waals surface area contributed by atoms with Crippen LogP contribution in [0.1, 0.15) is 26.3 Å². The molecule has 1 heterocycles. The van der Waals surface area contributed by atoms with Crippen molar-refractivity contribution in [2.24, 2.45) is 0 Å². The van der Waals surface area contributed by atoms with Crippen LogP contribution in [-0.2, 0) is 4.74 Å². The number of aromatic amines is 1. The van der Waals surface area contributed by atoms with Gasteiger partial charge in [-0.15, -0.1) is 0 Å². The number of carbonyl (C=O) groups excluding carboxylic acids is 1. The minimum absolute atomic E-state index is 0.305. The van der Waals surface area contributed by atoms with Gasteiger partial charge in [0.25, 0.3) is 0 Å². The Hall–Kier alpha value is -2.19. The highest BCUT2D eigenvalue weighted by Gasteiger charge is 2.19. The molecule has 0 aliphatic carbocycles. The number of rotatable bonds is 1. The second kappa shape index (κ2) is 5.06. The van der Waals surface area contributed by atoms with E-state index in [0.717, 1.165) is 0 Å². The summed E-state index contributed by atoms with van der Waals surface area (Å²) in [6.07, 6.45) is -0.619. The minimum Gasteiger partial charge on any atom is -0.444 e. The van der Waals surface area contributed by atoms with Gasteiger partial charge in [0.1, 0.15) is 23.1 Å². The van der Waals surface area contributed by atoms with Crippen LogP contribution >= 0.6 is 11.6 Å². The fourth-order valence-electron chi connectivity index (χ4n) is 1.79. The highest BCUT2D eigenvalue weighted by atomic mass is 35.5. The zero-order valence-electron chi connectivity index (χ0n) is 11.4. The number of halogens is 1. The Bertz CT molecular complexity index is 708. The van der Waals surface area contributed by atoms with Gasteiger partial charge in [0, 0.05) is 15.9 Å². The zero-order valence-corrected chi connectivity index (χ0v) is 12.1. The molecule has 1 aromatic heterocycles. The molecule has 104 valence electrons. The highest BCUT2D eigenvalue weighted by Crippen LogP contribution is 2.28. The van der Waals surface area contributed by atoms with Gasteiger partial charge in [-0.3, -0.25) is 5.32 Å². The molecule has 2 rings (SSSR count). The number of amides is 1. The largest absolute Gasteiger partial charge is 0.444 e. The summed E-state index contributed by atoms with van der Waals surface area (Å²) in [5.74, 6) is 0.305. The second-order valence-electron chi connectivity index (χ2n) is 5.30. The number of nitrogens with one attached hydrogen (secondary N) is 2. The number of aromatic nitrogens is 1. The summed E-state index contributed by atoms with van der Waals surface area (Å²) in [4.78, 5) is 14.7. The van der Waals surface area contributed by atoms with Crippen LogP contribution in [0.15, 0.2) is 18.2 Å². The van der Waals surface area contributed by atoms with Crippen molar-refractivity contribution >= 4 is 34.4 Å². The maximum absolute atomic E-state index is 11.8. The molecular formula is C14H14ClN3O2. The Morgan fingerprint density at radius 3 is 2.75 bits per heavy atom. The van der Waals surface area contributed by atoms with Crippen LogP contribution in [0.25, 0.3) is 10.9 Å². The van der Waals surface area contributed by atoms with Gasteiger partial charge in [-0.1, -0.05) is 11.6 Å². The first-order valence-electron chi connectivity index (χ1n) is 6.01. The van der Waals surface area contributed by atoms with Gasteiger partial charge >= 0.3 is 6.09 Å². The molecule has 1 amide bonds. The average Bonchev–Trinajstić information content (AvgIpc) is 2.62. The number of benzene rings is 1. The van der Waals surface area contributed by atoms with Crippen molar-refractivity contribution in [1.82, 2.24) is 4.98 Å². The third-order valence-electron chi connectivity index (χ3n) is 2.50. The van der Waals surface area contributed by atoms with E-state index in [4.69, 9.17) is 16.3 Å². The predicted molar refractivity (Wildman–Crippen MR) is 77.9 cm³/mol. The zero-order chi connectivity index (χ0) is 14.9. The molecule has 0 radical (unpaired) electrons. The van der Waals surface area contributed by atoms with E-state index in [9.17, 15) is 10.1 Å². The number of carbonyl (C=O) groups is 1. The third-order valence-corrected chi connectivity index (χ3v) is 2.73. The first-order chi connectivity index (χ1) is 9.30. The van der Waals surface area contributed by atoms with Crippen LogP contribution in [0.3, 0.4) is 0 Å². The summed E-state index contributed by atoms with van der Waals surface area (Å²) in [6, 6.07) is 7.17. The Labute approximate surface area is 121 Å². The molecule has 0 bridgehead atoms. The number of H-pyrrole nitrogens is 1.